The van der Waals surface area contributed by atoms with Crippen molar-refractivity contribution < 1.29 is 4.79 Å². The lowest BCUT2D eigenvalue weighted by Gasteiger charge is -2.21. The predicted molar refractivity (Wildman–Crippen MR) is 84.0 cm³/mol. The fourth-order valence-corrected chi connectivity index (χ4v) is 2.70. The Balaban J connectivity index is 2.02. The van der Waals surface area contributed by atoms with Crippen LogP contribution in [-0.4, -0.2) is 35.4 Å². The molecule has 2 rings (SSSR count). The zero-order valence-electron chi connectivity index (χ0n) is 12.2. The summed E-state index contributed by atoms with van der Waals surface area (Å²) in [6.45, 7) is 4.88. The van der Waals surface area contributed by atoms with Gasteiger partial charge in [-0.2, -0.15) is 0 Å². The van der Waals surface area contributed by atoms with Gasteiger partial charge in [-0.1, -0.05) is 13.8 Å². The molecule has 108 valence electrons. The second-order valence-corrected chi connectivity index (χ2v) is 6.34. The highest BCUT2D eigenvalue weighted by molar-refractivity contribution is 7.16. The Labute approximate surface area is 123 Å². The molecule has 5 heteroatoms. The van der Waals surface area contributed by atoms with Gasteiger partial charge < -0.3 is 10.6 Å². The summed E-state index contributed by atoms with van der Waals surface area (Å²) in [4.78, 5) is 18.3. The standard InChI is InChI=1S/C15H21N3OS/c1-10(2)12(16)6-7-18(3)15(19)11-4-5-13-14(8-11)20-9-17-13/h4-5,8-10,12H,6-7,16H2,1-3H3. The smallest absolute Gasteiger partial charge is 0.253 e. The molecule has 1 aromatic carbocycles. The first-order chi connectivity index (χ1) is 9.49. The average molecular weight is 291 g/mol. The van der Waals surface area contributed by atoms with Gasteiger partial charge in [-0.15, -0.1) is 11.3 Å². The Bertz CT molecular complexity index is 594. The number of hydrogen-bond donors (Lipinski definition) is 1. The molecule has 1 aromatic heterocycles. The average Bonchev–Trinajstić information content (AvgIpc) is 2.90. The quantitative estimate of drug-likeness (QED) is 0.921. The van der Waals surface area contributed by atoms with E-state index in [0.717, 1.165) is 16.6 Å². The number of benzene rings is 1. The minimum Gasteiger partial charge on any atom is -0.342 e. The van der Waals surface area contributed by atoms with Crippen LogP contribution >= 0.6 is 11.3 Å². The van der Waals surface area contributed by atoms with Gasteiger partial charge in [0.1, 0.15) is 0 Å². The van der Waals surface area contributed by atoms with Gasteiger partial charge in [-0.25, -0.2) is 4.98 Å². The number of thiazole rings is 1. The summed E-state index contributed by atoms with van der Waals surface area (Å²) >= 11 is 1.55. The molecule has 4 nitrogen and oxygen atoms in total. The second-order valence-electron chi connectivity index (χ2n) is 5.46. The van der Waals surface area contributed by atoms with Gasteiger partial charge in [-0.05, 0) is 30.5 Å². The molecule has 0 saturated carbocycles. The summed E-state index contributed by atoms with van der Waals surface area (Å²) in [6, 6.07) is 5.78. The van der Waals surface area contributed by atoms with E-state index in [1.54, 1.807) is 21.7 Å². The SMILES string of the molecule is CC(C)C(N)CCN(C)C(=O)c1ccc2ncsc2c1. The highest BCUT2D eigenvalue weighted by atomic mass is 32.1. The Morgan fingerprint density at radius 3 is 2.90 bits per heavy atom. The maximum Gasteiger partial charge on any atom is 0.253 e. The Morgan fingerprint density at radius 1 is 1.45 bits per heavy atom. The van der Waals surface area contributed by atoms with Gasteiger partial charge >= 0.3 is 0 Å². The number of hydrogen-bond acceptors (Lipinski definition) is 4. The fourth-order valence-electron chi connectivity index (χ4n) is 1.99. The molecule has 0 saturated heterocycles. The highest BCUT2D eigenvalue weighted by Gasteiger charge is 2.15. The zero-order chi connectivity index (χ0) is 14.7. The molecule has 1 atom stereocenters. The zero-order valence-corrected chi connectivity index (χ0v) is 13.0. The maximum absolute atomic E-state index is 12.4. The predicted octanol–water partition coefficient (Wildman–Crippen LogP) is 2.74. The van der Waals surface area contributed by atoms with Gasteiger partial charge in [-0.3, -0.25) is 4.79 Å². The third-order valence-electron chi connectivity index (χ3n) is 3.58. The van der Waals surface area contributed by atoms with E-state index >= 15 is 0 Å². The molecule has 1 amide bonds. The second kappa shape index (κ2) is 6.33. The van der Waals surface area contributed by atoms with Crippen molar-refractivity contribution in [2.24, 2.45) is 11.7 Å². The normalized spacial score (nSPS) is 12.8. The van der Waals surface area contributed by atoms with Gasteiger partial charge in [0.25, 0.3) is 5.91 Å². The summed E-state index contributed by atoms with van der Waals surface area (Å²) in [5, 5.41) is 0. The van der Waals surface area contributed by atoms with Gasteiger partial charge in [0.05, 0.1) is 15.7 Å². The lowest BCUT2D eigenvalue weighted by atomic mass is 10.0. The van der Waals surface area contributed by atoms with Crippen LogP contribution in [0.2, 0.25) is 0 Å². The minimum atomic E-state index is 0.0382. The lowest BCUT2D eigenvalue weighted by Crippen LogP contribution is -2.34. The molecule has 0 aliphatic rings. The van der Waals surface area contributed by atoms with Crippen LogP contribution in [0.4, 0.5) is 0 Å². The number of nitrogens with two attached hydrogens (primary N) is 1. The third kappa shape index (κ3) is 3.35. The van der Waals surface area contributed by atoms with E-state index in [2.05, 4.69) is 18.8 Å². The Hall–Kier alpha value is -1.46. The first-order valence-corrected chi connectivity index (χ1v) is 7.71. The summed E-state index contributed by atoms with van der Waals surface area (Å²) in [5.74, 6) is 0.475. The van der Waals surface area contributed by atoms with Crippen LogP contribution in [0, 0.1) is 5.92 Å². The van der Waals surface area contributed by atoms with E-state index in [1.165, 1.54) is 0 Å². The van der Waals surface area contributed by atoms with E-state index in [1.807, 2.05) is 25.2 Å². The summed E-state index contributed by atoms with van der Waals surface area (Å²) < 4.78 is 1.04. The molecule has 2 aromatic rings. The number of carbonyl (C=O) groups excluding carboxylic acids is 1. The van der Waals surface area contributed by atoms with Crippen molar-refractivity contribution in [1.82, 2.24) is 9.88 Å². The first-order valence-electron chi connectivity index (χ1n) is 6.83. The summed E-state index contributed by atoms with van der Waals surface area (Å²) in [6.07, 6.45) is 0.822. The summed E-state index contributed by atoms with van der Waals surface area (Å²) in [5.41, 5.74) is 9.47. The highest BCUT2D eigenvalue weighted by Crippen LogP contribution is 2.20. The van der Waals surface area contributed by atoms with Crippen LogP contribution in [0.25, 0.3) is 10.2 Å². The molecular formula is C15H21N3OS. The molecule has 0 bridgehead atoms. The number of fused-ring (bicyclic) bond motifs is 1. The van der Waals surface area contributed by atoms with Crippen molar-refractivity contribution in [3.63, 3.8) is 0 Å². The van der Waals surface area contributed by atoms with Crippen LogP contribution in [0.5, 0.6) is 0 Å². The molecular weight excluding hydrogens is 270 g/mol. The van der Waals surface area contributed by atoms with E-state index < -0.39 is 0 Å². The topological polar surface area (TPSA) is 59.2 Å². The number of amides is 1. The Morgan fingerprint density at radius 2 is 2.20 bits per heavy atom. The lowest BCUT2D eigenvalue weighted by molar-refractivity contribution is 0.0789. The van der Waals surface area contributed by atoms with Crippen molar-refractivity contribution >= 4 is 27.5 Å². The number of carbonyl (C=O) groups is 1. The van der Waals surface area contributed by atoms with Crippen LogP contribution in [0.3, 0.4) is 0 Å². The molecule has 20 heavy (non-hydrogen) atoms. The van der Waals surface area contributed by atoms with Crippen LogP contribution < -0.4 is 5.73 Å². The molecule has 0 aliphatic carbocycles. The molecule has 0 spiro atoms. The molecule has 1 heterocycles. The monoisotopic (exact) mass is 291 g/mol. The fraction of sp³-hybridized carbons (Fsp3) is 0.467. The van der Waals surface area contributed by atoms with Crippen molar-refractivity contribution in [1.29, 1.82) is 0 Å². The van der Waals surface area contributed by atoms with Gasteiger partial charge in [0.15, 0.2) is 0 Å². The van der Waals surface area contributed by atoms with Gasteiger partial charge in [0.2, 0.25) is 0 Å². The van der Waals surface area contributed by atoms with E-state index in [9.17, 15) is 4.79 Å². The van der Waals surface area contributed by atoms with E-state index in [-0.39, 0.29) is 11.9 Å². The molecule has 0 fully saturated rings. The van der Waals surface area contributed by atoms with Gasteiger partial charge in [0, 0.05) is 25.2 Å². The largest absolute Gasteiger partial charge is 0.342 e. The Kier molecular flexibility index (Phi) is 4.73. The molecule has 1 unspecified atom stereocenters. The third-order valence-corrected chi connectivity index (χ3v) is 4.37. The molecule has 0 aliphatic heterocycles. The summed E-state index contributed by atoms with van der Waals surface area (Å²) in [7, 11) is 1.83. The number of rotatable bonds is 5. The number of nitrogens with zero attached hydrogens (tertiary/aromatic N) is 2. The van der Waals surface area contributed by atoms with Crippen molar-refractivity contribution in [3.8, 4) is 0 Å². The van der Waals surface area contributed by atoms with Crippen molar-refractivity contribution in [3.05, 3.63) is 29.3 Å². The van der Waals surface area contributed by atoms with Crippen LogP contribution in [0.1, 0.15) is 30.6 Å². The first kappa shape index (κ1) is 14.9. The molecule has 2 N–H and O–H groups in total. The van der Waals surface area contributed by atoms with Crippen LogP contribution in [0.15, 0.2) is 23.7 Å². The maximum atomic E-state index is 12.4. The number of aromatic nitrogens is 1. The van der Waals surface area contributed by atoms with E-state index in [0.29, 0.717) is 18.0 Å². The van der Waals surface area contributed by atoms with Crippen molar-refractivity contribution in [2.75, 3.05) is 13.6 Å². The van der Waals surface area contributed by atoms with Crippen molar-refractivity contribution in [2.45, 2.75) is 26.3 Å². The van der Waals surface area contributed by atoms with E-state index in [4.69, 9.17) is 5.73 Å². The van der Waals surface area contributed by atoms with Crippen LogP contribution in [-0.2, 0) is 0 Å². The minimum absolute atomic E-state index is 0.0382. The molecule has 0 radical (unpaired) electrons.